The van der Waals surface area contributed by atoms with E-state index >= 15 is 0 Å². The Balaban J connectivity index is 0.000000186. The van der Waals surface area contributed by atoms with E-state index in [0.717, 1.165) is 67.4 Å². The van der Waals surface area contributed by atoms with Gasteiger partial charge in [-0.15, -0.1) is 0 Å². The molecule has 0 unspecified atom stereocenters. The van der Waals surface area contributed by atoms with Crippen molar-refractivity contribution < 1.29 is 4.79 Å². The van der Waals surface area contributed by atoms with Crippen molar-refractivity contribution in [2.75, 3.05) is 44.7 Å². The number of piperazine rings is 1. The van der Waals surface area contributed by atoms with Crippen LogP contribution in [-0.4, -0.2) is 65.8 Å². The molecule has 170 valence electrons. The Morgan fingerprint density at radius 1 is 1.12 bits per heavy atom. The second kappa shape index (κ2) is 11.6. The molecule has 1 saturated heterocycles. The maximum atomic E-state index is 10.4. The molecule has 2 aliphatic rings. The largest absolute Gasteiger partial charge is 0.354 e. The Kier molecular flexibility index (Phi) is 8.56. The summed E-state index contributed by atoms with van der Waals surface area (Å²) in [7, 11) is 2.17. The summed E-state index contributed by atoms with van der Waals surface area (Å²) in [5.41, 5.74) is 4.30. The topological polar surface area (TPSA) is 52.6 Å². The van der Waals surface area contributed by atoms with Gasteiger partial charge in [-0.2, -0.15) is 0 Å². The maximum absolute atomic E-state index is 10.4. The first-order chi connectivity index (χ1) is 15.5. The normalized spacial score (nSPS) is 15.9. The lowest BCUT2D eigenvalue weighted by Crippen LogP contribution is -2.44. The summed E-state index contributed by atoms with van der Waals surface area (Å²) < 4.78 is 0. The SMILES string of the molecule is C=C1c2ccccc2C=CN1CC=O.CC(C)CCc1cc(N2CCN(C)CC2)ncn1. The predicted octanol–water partition coefficient (Wildman–Crippen LogP) is 3.96. The van der Waals surface area contributed by atoms with Crippen LogP contribution in [0.2, 0.25) is 0 Å². The molecule has 2 aromatic rings. The van der Waals surface area contributed by atoms with E-state index in [1.54, 1.807) is 6.33 Å². The van der Waals surface area contributed by atoms with Gasteiger partial charge in [-0.05, 0) is 37.4 Å². The summed E-state index contributed by atoms with van der Waals surface area (Å²) in [6, 6.07) is 10.2. The Labute approximate surface area is 192 Å². The van der Waals surface area contributed by atoms with E-state index in [0.29, 0.717) is 6.54 Å². The Bertz CT molecular complexity index is 931. The van der Waals surface area contributed by atoms with E-state index in [4.69, 9.17) is 0 Å². The molecule has 1 aromatic heterocycles. The van der Waals surface area contributed by atoms with Crippen LogP contribution in [0.15, 0.2) is 49.4 Å². The van der Waals surface area contributed by atoms with Crippen molar-refractivity contribution in [2.24, 2.45) is 5.92 Å². The molecular formula is C26H35N5O. The number of fused-ring (bicyclic) bond motifs is 1. The van der Waals surface area contributed by atoms with Gasteiger partial charge in [0.1, 0.15) is 18.4 Å². The number of nitrogens with zero attached hydrogens (tertiary/aromatic N) is 5. The highest BCUT2D eigenvalue weighted by atomic mass is 16.1. The van der Waals surface area contributed by atoms with Crippen LogP contribution in [0.25, 0.3) is 11.8 Å². The zero-order chi connectivity index (χ0) is 22.9. The van der Waals surface area contributed by atoms with Crippen molar-refractivity contribution in [1.29, 1.82) is 0 Å². The highest BCUT2D eigenvalue weighted by molar-refractivity contribution is 5.77. The molecule has 0 N–H and O–H groups in total. The van der Waals surface area contributed by atoms with Crippen molar-refractivity contribution in [1.82, 2.24) is 19.8 Å². The van der Waals surface area contributed by atoms with Crippen LogP contribution < -0.4 is 4.90 Å². The van der Waals surface area contributed by atoms with Gasteiger partial charge in [0.25, 0.3) is 0 Å². The molecule has 0 amide bonds. The zero-order valence-corrected chi connectivity index (χ0v) is 19.6. The molecule has 2 aliphatic heterocycles. The van der Waals surface area contributed by atoms with Gasteiger partial charge in [-0.25, -0.2) is 9.97 Å². The fourth-order valence-corrected chi connectivity index (χ4v) is 3.74. The predicted molar refractivity (Wildman–Crippen MR) is 132 cm³/mol. The van der Waals surface area contributed by atoms with Crippen LogP contribution >= 0.6 is 0 Å². The van der Waals surface area contributed by atoms with Gasteiger partial charge in [0.15, 0.2) is 0 Å². The molecule has 0 atom stereocenters. The monoisotopic (exact) mass is 433 g/mol. The summed E-state index contributed by atoms with van der Waals surface area (Å²) in [6.07, 6.45) is 8.72. The van der Waals surface area contributed by atoms with Crippen molar-refractivity contribution >= 4 is 23.9 Å². The number of aldehydes is 1. The van der Waals surface area contributed by atoms with Gasteiger partial charge in [-0.1, -0.05) is 44.7 Å². The maximum Gasteiger partial charge on any atom is 0.139 e. The number of aryl methyl sites for hydroxylation is 1. The van der Waals surface area contributed by atoms with Gasteiger partial charge in [0, 0.05) is 55.4 Å². The lowest BCUT2D eigenvalue weighted by Gasteiger charge is -2.33. The van der Waals surface area contributed by atoms with Crippen LogP contribution in [0.3, 0.4) is 0 Å². The Morgan fingerprint density at radius 2 is 1.88 bits per heavy atom. The van der Waals surface area contributed by atoms with E-state index in [-0.39, 0.29) is 0 Å². The van der Waals surface area contributed by atoms with Crippen molar-refractivity contribution in [3.63, 3.8) is 0 Å². The second-order valence-corrected chi connectivity index (χ2v) is 8.76. The van der Waals surface area contributed by atoms with Crippen molar-refractivity contribution in [3.05, 3.63) is 66.3 Å². The first-order valence-corrected chi connectivity index (χ1v) is 11.4. The third-order valence-corrected chi connectivity index (χ3v) is 5.84. The molecule has 0 radical (unpaired) electrons. The number of hydrogen-bond acceptors (Lipinski definition) is 6. The molecule has 0 spiro atoms. The van der Waals surface area contributed by atoms with E-state index < -0.39 is 0 Å². The quantitative estimate of drug-likeness (QED) is 0.643. The van der Waals surface area contributed by atoms with Gasteiger partial charge >= 0.3 is 0 Å². The van der Waals surface area contributed by atoms with Crippen LogP contribution in [0.5, 0.6) is 0 Å². The first-order valence-electron chi connectivity index (χ1n) is 11.4. The molecule has 1 aromatic carbocycles. The molecule has 6 heteroatoms. The number of hydrogen-bond donors (Lipinski definition) is 0. The fraction of sp³-hybridized carbons (Fsp3) is 0.423. The highest BCUT2D eigenvalue weighted by Gasteiger charge is 2.16. The molecule has 6 nitrogen and oxygen atoms in total. The smallest absolute Gasteiger partial charge is 0.139 e. The first kappa shape index (κ1) is 23.7. The molecule has 0 bridgehead atoms. The summed E-state index contributed by atoms with van der Waals surface area (Å²) in [6.45, 7) is 13.2. The number of benzene rings is 1. The van der Waals surface area contributed by atoms with Crippen LogP contribution in [0.1, 0.15) is 37.1 Å². The molecule has 32 heavy (non-hydrogen) atoms. The lowest BCUT2D eigenvalue weighted by atomic mass is 10.0. The number of carbonyl (C=O) groups is 1. The number of aromatic nitrogens is 2. The van der Waals surface area contributed by atoms with E-state index in [1.807, 2.05) is 41.4 Å². The van der Waals surface area contributed by atoms with Gasteiger partial charge in [-0.3, -0.25) is 0 Å². The minimum absolute atomic E-state index is 0.365. The van der Waals surface area contributed by atoms with Crippen LogP contribution in [-0.2, 0) is 11.2 Å². The van der Waals surface area contributed by atoms with Crippen molar-refractivity contribution in [2.45, 2.75) is 26.7 Å². The van der Waals surface area contributed by atoms with E-state index in [1.165, 1.54) is 12.1 Å². The standard InChI is InChI=1S/C14H24N4.C12H11NO/c1-12(2)4-5-13-10-14(16-11-15-13)18-8-6-17(3)7-9-18;1-10-12-5-3-2-4-11(12)6-7-13(10)8-9-14/h10-12H,4-9H2,1-3H3;2-7,9H,1,8H2. The van der Waals surface area contributed by atoms with E-state index in [9.17, 15) is 4.79 Å². The van der Waals surface area contributed by atoms with Gasteiger partial charge < -0.3 is 19.5 Å². The molecule has 4 rings (SSSR count). The number of carbonyl (C=O) groups excluding carboxylic acids is 1. The Morgan fingerprint density at radius 3 is 2.59 bits per heavy atom. The number of rotatable bonds is 6. The third kappa shape index (κ3) is 6.50. The van der Waals surface area contributed by atoms with Gasteiger partial charge in [0.05, 0.1) is 6.54 Å². The lowest BCUT2D eigenvalue weighted by molar-refractivity contribution is -0.107. The number of anilines is 1. The van der Waals surface area contributed by atoms with Crippen LogP contribution in [0.4, 0.5) is 5.82 Å². The minimum Gasteiger partial charge on any atom is -0.354 e. The minimum atomic E-state index is 0.365. The summed E-state index contributed by atoms with van der Waals surface area (Å²) in [5.74, 6) is 1.82. The zero-order valence-electron chi connectivity index (χ0n) is 19.6. The van der Waals surface area contributed by atoms with Crippen molar-refractivity contribution in [3.8, 4) is 0 Å². The molecule has 0 saturated carbocycles. The molecule has 1 fully saturated rings. The summed E-state index contributed by atoms with van der Waals surface area (Å²) in [5, 5.41) is 0. The van der Waals surface area contributed by atoms with Gasteiger partial charge in [0.2, 0.25) is 0 Å². The third-order valence-electron chi connectivity index (χ3n) is 5.84. The molecular weight excluding hydrogens is 398 g/mol. The molecule has 0 aliphatic carbocycles. The average molecular weight is 434 g/mol. The summed E-state index contributed by atoms with van der Waals surface area (Å²) in [4.78, 5) is 25.8. The van der Waals surface area contributed by atoms with Crippen LogP contribution in [0, 0.1) is 5.92 Å². The number of likely N-dealkylation sites (N-methyl/N-ethyl adjacent to an activating group) is 1. The Hall–Kier alpha value is -2.99. The van der Waals surface area contributed by atoms with E-state index in [2.05, 4.69) is 53.3 Å². The molecule has 3 heterocycles. The average Bonchev–Trinajstić information content (AvgIpc) is 2.81. The highest BCUT2D eigenvalue weighted by Crippen LogP contribution is 2.26. The fourth-order valence-electron chi connectivity index (χ4n) is 3.74. The second-order valence-electron chi connectivity index (χ2n) is 8.76. The summed E-state index contributed by atoms with van der Waals surface area (Å²) >= 11 is 0.